The number of nitrogens with one attached hydrogen (secondary N) is 1. The molecule has 3 aliphatic heterocycles. The number of nitrogens with zero attached hydrogens (tertiary/aromatic N) is 1. The van der Waals surface area contributed by atoms with E-state index in [0.717, 1.165) is 4.88 Å². The van der Waals surface area contributed by atoms with Gasteiger partial charge >= 0.3 is 0 Å². The molecular weight excluding hydrogens is 340 g/mol. The third kappa shape index (κ3) is 2.87. The van der Waals surface area contributed by atoms with Crippen LogP contribution in [0, 0.1) is 5.92 Å². The van der Waals surface area contributed by atoms with E-state index >= 15 is 0 Å². The van der Waals surface area contributed by atoms with Crippen LogP contribution in [-0.4, -0.2) is 35.5 Å². The summed E-state index contributed by atoms with van der Waals surface area (Å²) < 4.78 is 1.25. The average Bonchev–Trinajstić information content (AvgIpc) is 3.01. The highest BCUT2D eigenvalue weighted by Gasteiger charge is 2.48. The summed E-state index contributed by atoms with van der Waals surface area (Å²) in [7, 11) is 0. The minimum atomic E-state index is 0.0457. The van der Waals surface area contributed by atoms with Crippen molar-refractivity contribution in [3.05, 3.63) is 34.7 Å². The van der Waals surface area contributed by atoms with Gasteiger partial charge in [0.1, 0.15) is 0 Å². The van der Waals surface area contributed by atoms with Gasteiger partial charge in [-0.25, -0.2) is 0 Å². The number of amides is 1. The van der Waals surface area contributed by atoms with Crippen molar-refractivity contribution >= 4 is 27.3 Å². The van der Waals surface area contributed by atoms with Crippen LogP contribution in [0.1, 0.15) is 62.7 Å². The predicted molar refractivity (Wildman–Crippen MR) is 110 cm³/mol. The standard InChI is InChI=1S/C22H30N2OS/c1-21(2,3)16-8-6-7-15-13-17(26-18(15)16)20(25)23-19-14-9-11-24(12-10-14)22(19,4)5/h6-8,13-14,19H,9-12H2,1-5H3,(H,23,25)/t19-/m1/s1. The summed E-state index contributed by atoms with van der Waals surface area (Å²) in [6.45, 7) is 13.6. The number of thiophene rings is 1. The molecule has 0 saturated carbocycles. The Balaban J connectivity index is 1.63. The van der Waals surface area contributed by atoms with Crippen molar-refractivity contribution in [1.82, 2.24) is 10.2 Å². The fourth-order valence-electron chi connectivity index (χ4n) is 4.86. The molecule has 2 aromatic rings. The Morgan fingerprint density at radius 1 is 1.23 bits per heavy atom. The first-order valence-corrected chi connectivity index (χ1v) is 10.6. The van der Waals surface area contributed by atoms with Crippen LogP contribution >= 0.6 is 11.3 Å². The van der Waals surface area contributed by atoms with E-state index < -0.39 is 0 Å². The van der Waals surface area contributed by atoms with Gasteiger partial charge in [0.25, 0.3) is 5.91 Å². The lowest BCUT2D eigenvalue weighted by Crippen LogP contribution is -2.69. The summed E-state index contributed by atoms with van der Waals surface area (Å²) in [5, 5.41) is 4.59. The number of piperidine rings is 3. The highest BCUT2D eigenvalue weighted by molar-refractivity contribution is 7.21. The van der Waals surface area contributed by atoms with E-state index in [1.807, 2.05) is 0 Å². The molecule has 0 unspecified atom stereocenters. The molecule has 4 heterocycles. The van der Waals surface area contributed by atoms with E-state index in [9.17, 15) is 4.79 Å². The van der Waals surface area contributed by atoms with Gasteiger partial charge in [0.15, 0.2) is 0 Å². The lowest BCUT2D eigenvalue weighted by Gasteiger charge is -2.56. The first-order chi connectivity index (χ1) is 12.2. The molecule has 0 radical (unpaired) electrons. The number of rotatable bonds is 2. The highest BCUT2D eigenvalue weighted by Crippen LogP contribution is 2.40. The third-order valence-corrected chi connectivity index (χ3v) is 7.63. The van der Waals surface area contributed by atoms with Gasteiger partial charge in [-0.2, -0.15) is 0 Å². The largest absolute Gasteiger partial charge is 0.346 e. The molecule has 5 rings (SSSR count). The maximum Gasteiger partial charge on any atom is 0.261 e. The summed E-state index contributed by atoms with van der Waals surface area (Å²) in [6.07, 6.45) is 2.41. The van der Waals surface area contributed by atoms with Gasteiger partial charge in [-0.05, 0) is 68.1 Å². The zero-order chi connectivity index (χ0) is 18.7. The molecule has 1 aromatic carbocycles. The molecule has 1 N–H and O–H groups in total. The molecule has 26 heavy (non-hydrogen) atoms. The predicted octanol–water partition coefficient (Wildman–Crippen LogP) is 4.80. The molecule has 140 valence electrons. The van der Waals surface area contributed by atoms with Crippen molar-refractivity contribution in [3.63, 3.8) is 0 Å². The zero-order valence-electron chi connectivity index (χ0n) is 16.6. The molecule has 3 fully saturated rings. The van der Waals surface area contributed by atoms with Gasteiger partial charge in [0.05, 0.1) is 4.88 Å². The number of benzene rings is 1. The second-order valence-corrected chi connectivity index (χ2v) is 10.6. The van der Waals surface area contributed by atoms with E-state index in [-0.39, 0.29) is 22.9 Å². The van der Waals surface area contributed by atoms with Crippen LogP contribution < -0.4 is 5.32 Å². The van der Waals surface area contributed by atoms with Crippen LogP contribution in [0.5, 0.6) is 0 Å². The van der Waals surface area contributed by atoms with Crippen LogP contribution in [0.25, 0.3) is 10.1 Å². The Labute approximate surface area is 160 Å². The van der Waals surface area contributed by atoms with E-state index in [2.05, 4.69) is 69.1 Å². The SMILES string of the molecule is CC(C)(C)c1cccc2cc(C(=O)N[C@@H]3C4CCN(CC4)C3(C)C)sc12. The van der Waals surface area contributed by atoms with Crippen molar-refractivity contribution in [1.29, 1.82) is 0 Å². The summed E-state index contributed by atoms with van der Waals surface area (Å²) >= 11 is 1.64. The Morgan fingerprint density at radius 2 is 1.92 bits per heavy atom. The smallest absolute Gasteiger partial charge is 0.261 e. The van der Waals surface area contributed by atoms with Crippen molar-refractivity contribution < 1.29 is 4.79 Å². The quantitative estimate of drug-likeness (QED) is 0.823. The zero-order valence-corrected chi connectivity index (χ0v) is 17.4. The molecule has 3 aliphatic rings. The van der Waals surface area contributed by atoms with Crippen LogP contribution in [0.15, 0.2) is 24.3 Å². The number of fused-ring (bicyclic) bond motifs is 4. The number of hydrogen-bond donors (Lipinski definition) is 1. The number of carbonyl (C=O) groups is 1. The summed E-state index contributed by atoms with van der Waals surface area (Å²) in [6, 6.07) is 8.73. The Kier molecular flexibility index (Phi) is 4.20. The molecular formula is C22H30N2OS. The lowest BCUT2D eigenvalue weighted by molar-refractivity contribution is -0.0377. The first-order valence-electron chi connectivity index (χ1n) is 9.77. The van der Waals surface area contributed by atoms with Crippen molar-refractivity contribution in [2.75, 3.05) is 13.1 Å². The maximum atomic E-state index is 13.1. The highest BCUT2D eigenvalue weighted by atomic mass is 32.1. The lowest BCUT2D eigenvalue weighted by atomic mass is 9.72. The monoisotopic (exact) mass is 370 g/mol. The minimum absolute atomic E-state index is 0.0457. The maximum absolute atomic E-state index is 13.1. The van der Waals surface area contributed by atoms with Crippen LogP contribution in [0.2, 0.25) is 0 Å². The van der Waals surface area contributed by atoms with Gasteiger partial charge < -0.3 is 5.32 Å². The second-order valence-electron chi connectivity index (χ2n) is 9.51. The molecule has 3 nitrogen and oxygen atoms in total. The average molecular weight is 371 g/mol. The molecule has 1 atom stereocenters. The van der Waals surface area contributed by atoms with E-state index in [0.29, 0.717) is 5.92 Å². The Bertz CT molecular complexity index is 837. The summed E-state index contributed by atoms with van der Waals surface area (Å²) in [5.41, 5.74) is 1.45. The van der Waals surface area contributed by atoms with E-state index in [1.54, 1.807) is 11.3 Å². The summed E-state index contributed by atoms with van der Waals surface area (Å²) in [4.78, 5) is 16.5. The Morgan fingerprint density at radius 3 is 2.54 bits per heavy atom. The molecule has 3 saturated heterocycles. The van der Waals surface area contributed by atoms with Crippen molar-refractivity contribution in [2.24, 2.45) is 5.92 Å². The summed E-state index contributed by atoms with van der Waals surface area (Å²) in [5.74, 6) is 0.705. The topological polar surface area (TPSA) is 32.3 Å². The van der Waals surface area contributed by atoms with E-state index in [4.69, 9.17) is 0 Å². The molecule has 1 amide bonds. The molecule has 4 heteroatoms. The molecule has 1 aromatic heterocycles. The molecule has 0 spiro atoms. The van der Waals surface area contributed by atoms with Crippen LogP contribution in [-0.2, 0) is 5.41 Å². The minimum Gasteiger partial charge on any atom is -0.346 e. The Hall–Kier alpha value is -1.39. The van der Waals surface area contributed by atoms with Gasteiger partial charge in [0.2, 0.25) is 0 Å². The normalized spacial score (nSPS) is 27.7. The van der Waals surface area contributed by atoms with E-state index in [1.165, 1.54) is 41.6 Å². The fraction of sp³-hybridized carbons (Fsp3) is 0.591. The van der Waals surface area contributed by atoms with Crippen LogP contribution in [0.3, 0.4) is 0 Å². The van der Waals surface area contributed by atoms with Gasteiger partial charge in [-0.15, -0.1) is 11.3 Å². The first kappa shape index (κ1) is 18.0. The van der Waals surface area contributed by atoms with Gasteiger partial charge in [-0.3, -0.25) is 9.69 Å². The molecule has 2 bridgehead atoms. The molecule has 0 aliphatic carbocycles. The van der Waals surface area contributed by atoms with Crippen LogP contribution in [0.4, 0.5) is 0 Å². The van der Waals surface area contributed by atoms with Crippen molar-refractivity contribution in [3.8, 4) is 0 Å². The van der Waals surface area contributed by atoms with Gasteiger partial charge in [-0.1, -0.05) is 39.0 Å². The number of carbonyl (C=O) groups excluding carboxylic acids is 1. The third-order valence-electron chi connectivity index (χ3n) is 6.45. The fourth-order valence-corrected chi connectivity index (χ4v) is 6.14. The second kappa shape index (κ2) is 6.07. The van der Waals surface area contributed by atoms with Gasteiger partial charge in [0, 0.05) is 16.3 Å². The van der Waals surface area contributed by atoms with Crippen molar-refractivity contribution in [2.45, 2.75) is 64.5 Å². The number of hydrogen-bond acceptors (Lipinski definition) is 3.